The molecule has 0 spiro atoms. The summed E-state index contributed by atoms with van der Waals surface area (Å²) in [6, 6.07) is 7.91. The number of carbonyl (C=O) groups excluding carboxylic acids is 1. The SMILES string of the molecule is CCOC(=O)N1CCc2c(c(OC)c(OC)c3c2ccc2cc(OC)c(OC)cc23)C1C. The normalized spacial score (nSPS) is 15.4. The summed E-state index contributed by atoms with van der Waals surface area (Å²) < 4.78 is 28.1. The van der Waals surface area contributed by atoms with Gasteiger partial charge in [0.2, 0.25) is 0 Å². The number of ether oxygens (including phenoxy) is 5. The summed E-state index contributed by atoms with van der Waals surface area (Å²) in [4.78, 5) is 14.3. The Morgan fingerprint density at radius 2 is 1.66 bits per heavy atom. The van der Waals surface area contributed by atoms with E-state index in [0.717, 1.165) is 32.7 Å². The highest BCUT2D eigenvalue weighted by Gasteiger charge is 2.35. The van der Waals surface area contributed by atoms with E-state index >= 15 is 0 Å². The lowest BCUT2D eigenvalue weighted by molar-refractivity contribution is 0.0895. The lowest BCUT2D eigenvalue weighted by atomic mass is 9.86. The quantitative estimate of drug-likeness (QED) is 0.515. The molecule has 1 atom stereocenters. The Hall–Kier alpha value is -3.35. The predicted molar refractivity (Wildman–Crippen MR) is 124 cm³/mol. The van der Waals surface area contributed by atoms with E-state index in [1.807, 2.05) is 26.0 Å². The molecule has 3 aromatic carbocycles. The Kier molecular flexibility index (Phi) is 5.91. The summed E-state index contributed by atoms with van der Waals surface area (Å²) in [7, 11) is 6.52. The van der Waals surface area contributed by atoms with Crippen molar-refractivity contribution in [3.8, 4) is 23.0 Å². The van der Waals surface area contributed by atoms with Gasteiger partial charge in [-0.25, -0.2) is 4.79 Å². The average Bonchev–Trinajstić information content (AvgIpc) is 2.81. The molecular weight excluding hydrogens is 410 g/mol. The van der Waals surface area contributed by atoms with Crippen molar-refractivity contribution in [2.75, 3.05) is 41.6 Å². The molecule has 32 heavy (non-hydrogen) atoms. The van der Waals surface area contributed by atoms with Gasteiger partial charge in [-0.15, -0.1) is 0 Å². The van der Waals surface area contributed by atoms with E-state index in [4.69, 9.17) is 23.7 Å². The molecule has 170 valence electrons. The average molecular weight is 440 g/mol. The van der Waals surface area contributed by atoms with Crippen LogP contribution in [0.5, 0.6) is 23.0 Å². The minimum Gasteiger partial charge on any atom is -0.493 e. The van der Waals surface area contributed by atoms with E-state index in [1.165, 1.54) is 0 Å². The van der Waals surface area contributed by atoms with Gasteiger partial charge in [0.15, 0.2) is 23.0 Å². The van der Waals surface area contributed by atoms with E-state index < -0.39 is 0 Å². The number of rotatable bonds is 5. The molecule has 4 rings (SSSR count). The highest BCUT2D eigenvalue weighted by molar-refractivity contribution is 6.14. The molecule has 1 amide bonds. The van der Waals surface area contributed by atoms with E-state index in [1.54, 1.807) is 33.3 Å². The molecule has 1 aliphatic heterocycles. The van der Waals surface area contributed by atoms with Crippen LogP contribution in [0.2, 0.25) is 0 Å². The first kappa shape index (κ1) is 21.9. The maximum atomic E-state index is 12.5. The molecule has 7 heteroatoms. The van der Waals surface area contributed by atoms with Crippen molar-refractivity contribution in [1.82, 2.24) is 4.90 Å². The first-order chi connectivity index (χ1) is 15.5. The zero-order chi connectivity index (χ0) is 23.0. The number of amides is 1. The summed E-state index contributed by atoms with van der Waals surface area (Å²) in [5.74, 6) is 2.59. The van der Waals surface area contributed by atoms with Crippen molar-refractivity contribution in [1.29, 1.82) is 0 Å². The zero-order valence-electron chi connectivity index (χ0n) is 19.4. The third-order valence-electron chi connectivity index (χ3n) is 6.25. The molecular formula is C25H29NO6. The van der Waals surface area contributed by atoms with Gasteiger partial charge >= 0.3 is 6.09 Å². The summed E-state index contributed by atoms with van der Waals surface area (Å²) in [5, 5.41) is 4.03. The second-order valence-electron chi connectivity index (χ2n) is 7.69. The lowest BCUT2D eigenvalue weighted by Gasteiger charge is -2.36. The van der Waals surface area contributed by atoms with Gasteiger partial charge < -0.3 is 28.6 Å². The minimum absolute atomic E-state index is 0.216. The van der Waals surface area contributed by atoms with Crippen molar-refractivity contribution in [2.45, 2.75) is 26.3 Å². The maximum absolute atomic E-state index is 12.5. The second-order valence-corrected chi connectivity index (χ2v) is 7.69. The summed E-state index contributed by atoms with van der Waals surface area (Å²) >= 11 is 0. The van der Waals surface area contributed by atoms with Crippen molar-refractivity contribution < 1.29 is 28.5 Å². The van der Waals surface area contributed by atoms with Crippen LogP contribution in [0.25, 0.3) is 21.5 Å². The van der Waals surface area contributed by atoms with Crippen LogP contribution in [0.3, 0.4) is 0 Å². The van der Waals surface area contributed by atoms with Gasteiger partial charge in [0.05, 0.1) is 41.1 Å². The molecule has 0 aromatic heterocycles. The number of nitrogens with zero attached hydrogens (tertiary/aromatic N) is 1. The fraction of sp³-hybridized carbons (Fsp3) is 0.400. The molecule has 7 nitrogen and oxygen atoms in total. The van der Waals surface area contributed by atoms with Crippen LogP contribution < -0.4 is 18.9 Å². The Morgan fingerprint density at radius 3 is 2.28 bits per heavy atom. The van der Waals surface area contributed by atoms with E-state index in [2.05, 4.69) is 12.1 Å². The van der Waals surface area contributed by atoms with Gasteiger partial charge in [-0.1, -0.05) is 12.1 Å². The molecule has 0 N–H and O–H groups in total. The van der Waals surface area contributed by atoms with Crippen molar-refractivity contribution >= 4 is 27.6 Å². The molecule has 0 fully saturated rings. The number of fused-ring (bicyclic) bond motifs is 5. The maximum Gasteiger partial charge on any atom is 0.410 e. The van der Waals surface area contributed by atoms with Crippen LogP contribution in [0, 0.1) is 0 Å². The summed E-state index contributed by atoms with van der Waals surface area (Å²) in [6.45, 7) is 4.72. The van der Waals surface area contributed by atoms with Gasteiger partial charge in [-0.05, 0) is 54.1 Å². The summed E-state index contributed by atoms with van der Waals surface area (Å²) in [6.07, 6.45) is 0.371. The van der Waals surface area contributed by atoms with Gasteiger partial charge in [-0.3, -0.25) is 0 Å². The Bertz CT molecular complexity index is 1190. The van der Waals surface area contributed by atoms with Gasteiger partial charge in [0.1, 0.15) is 0 Å². The highest BCUT2D eigenvalue weighted by atomic mass is 16.6. The van der Waals surface area contributed by atoms with Crippen LogP contribution in [0.1, 0.15) is 31.0 Å². The predicted octanol–water partition coefficient (Wildman–Crippen LogP) is 5.10. The number of benzene rings is 3. The molecule has 0 saturated heterocycles. The second kappa shape index (κ2) is 8.65. The number of carbonyl (C=O) groups is 1. The molecule has 1 heterocycles. The Morgan fingerprint density at radius 1 is 0.969 bits per heavy atom. The van der Waals surface area contributed by atoms with Crippen LogP contribution in [-0.4, -0.2) is 52.6 Å². The van der Waals surface area contributed by atoms with Gasteiger partial charge in [0, 0.05) is 17.5 Å². The number of hydrogen-bond acceptors (Lipinski definition) is 6. The van der Waals surface area contributed by atoms with Crippen LogP contribution in [0.15, 0.2) is 24.3 Å². The van der Waals surface area contributed by atoms with E-state index in [0.29, 0.717) is 42.6 Å². The van der Waals surface area contributed by atoms with Crippen molar-refractivity contribution in [3.05, 3.63) is 35.4 Å². The molecule has 0 saturated carbocycles. The molecule has 0 radical (unpaired) electrons. The molecule has 0 bridgehead atoms. The monoisotopic (exact) mass is 439 g/mol. The van der Waals surface area contributed by atoms with Crippen LogP contribution in [-0.2, 0) is 11.2 Å². The standard InChI is InChI=1S/C25H29NO6/c1-7-32-25(27)26-11-10-17-16-9-8-15-12-19(28-3)20(29-4)13-18(15)22(16)24(31-6)23(30-5)21(17)14(26)2/h8-9,12-14H,7,10-11H2,1-6H3. The molecule has 0 aliphatic carbocycles. The molecule has 1 aliphatic rings. The number of hydrogen-bond donors (Lipinski definition) is 0. The van der Waals surface area contributed by atoms with Gasteiger partial charge in [0.25, 0.3) is 0 Å². The smallest absolute Gasteiger partial charge is 0.410 e. The first-order valence-electron chi connectivity index (χ1n) is 10.7. The zero-order valence-corrected chi connectivity index (χ0v) is 19.4. The molecule has 1 unspecified atom stereocenters. The highest BCUT2D eigenvalue weighted by Crippen LogP contribution is 2.50. The van der Waals surface area contributed by atoms with E-state index in [9.17, 15) is 4.79 Å². The Balaban J connectivity index is 2.05. The van der Waals surface area contributed by atoms with E-state index in [-0.39, 0.29) is 12.1 Å². The van der Waals surface area contributed by atoms with Crippen LogP contribution >= 0.6 is 0 Å². The van der Waals surface area contributed by atoms with Gasteiger partial charge in [-0.2, -0.15) is 0 Å². The van der Waals surface area contributed by atoms with Crippen LogP contribution in [0.4, 0.5) is 4.79 Å². The largest absolute Gasteiger partial charge is 0.493 e. The first-order valence-corrected chi connectivity index (χ1v) is 10.7. The minimum atomic E-state index is -0.317. The Labute approximate surface area is 187 Å². The van der Waals surface area contributed by atoms with Crippen molar-refractivity contribution in [2.24, 2.45) is 0 Å². The fourth-order valence-electron chi connectivity index (χ4n) is 4.81. The molecule has 3 aromatic rings. The third kappa shape index (κ3) is 3.23. The lowest BCUT2D eigenvalue weighted by Crippen LogP contribution is -2.39. The van der Waals surface area contributed by atoms with Crippen molar-refractivity contribution in [3.63, 3.8) is 0 Å². The summed E-state index contributed by atoms with van der Waals surface area (Å²) in [5.41, 5.74) is 2.11. The fourth-order valence-corrected chi connectivity index (χ4v) is 4.81. The third-order valence-corrected chi connectivity index (χ3v) is 6.25. The number of methoxy groups -OCH3 is 4. The topological polar surface area (TPSA) is 66.5 Å².